The highest BCUT2D eigenvalue weighted by Crippen LogP contribution is 2.61. The van der Waals surface area contributed by atoms with Crippen LogP contribution in [-0.4, -0.2) is 10.8 Å². The Hall–Kier alpha value is -4.86. The molecule has 0 unspecified atom stereocenters. The van der Waals surface area contributed by atoms with Crippen molar-refractivity contribution < 1.29 is 9.72 Å². The fraction of sp³-hybridized carbons (Fsp3) is 0. The summed E-state index contributed by atoms with van der Waals surface area (Å²) in [5, 5.41) is 17.8. The minimum atomic E-state index is -2.64. The Morgan fingerprint density at radius 3 is 1.44 bits per heavy atom. The first-order chi connectivity index (χ1) is 19.1. The average Bonchev–Trinajstić information content (AvgIpc) is 3.00. The summed E-state index contributed by atoms with van der Waals surface area (Å²) in [6.07, 6.45) is 1.95. The van der Waals surface area contributed by atoms with Gasteiger partial charge in [0.15, 0.2) is 12.7 Å². The second-order valence-corrected chi connectivity index (χ2v) is 12.2. The molecule has 6 heteroatoms. The maximum atomic E-state index is 13.7. The second-order valence-electron chi connectivity index (χ2n) is 8.88. The van der Waals surface area contributed by atoms with E-state index in [1.165, 1.54) is 12.1 Å². The van der Waals surface area contributed by atoms with Crippen molar-refractivity contribution in [3.63, 3.8) is 0 Å². The first-order valence-electron chi connectivity index (χ1n) is 12.5. The van der Waals surface area contributed by atoms with E-state index in [2.05, 4.69) is 41.7 Å². The fourth-order valence-electron chi connectivity index (χ4n) is 4.66. The smallest absolute Gasteiger partial charge is 0.269 e. The minimum Gasteiger partial charge on any atom is -0.292 e. The van der Waals surface area contributed by atoms with Crippen LogP contribution in [0.4, 0.5) is 5.69 Å². The summed E-state index contributed by atoms with van der Waals surface area (Å²) < 4.78 is 0. The van der Waals surface area contributed by atoms with Crippen molar-refractivity contribution in [3.05, 3.63) is 172 Å². The van der Waals surface area contributed by atoms with E-state index in [0.717, 1.165) is 26.9 Å². The van der Waals surface area contributed by atoms with Crippen molar-refractivity contribution in [2.75, 3.05) is 0 Å². The van der Waals surface area contributed by atoms with Gasteiger partial charge in [0.2, 0.25) is 0 Å². The molecule has 1 N–H and O–H groups in total. The van der Waals surface area contributed by atoms with Crippen LogP contribution in [0.1, 0.15) is 15.9 Å². The summed E-state index contributed by atoms with van der Waals surface area (Å²) in [5.41, 5.74) is 2.03. The van der Waals surface area contributed by atoms with Crippen LogP contribution in [0.2, 0.25) is 0 Å². The fourth-order valence-corrected chi connectivity index (χ4v) is 8.86. The highest BCUT2D eigenvalue weighted by molar-refractivity contribution is 7.99. The molecule has 39 heavy (non-hydrogen) atoms. The first kappa shape index (κ1) is 25.8. The average molecular weight is 530 g/mol. The van der Waals surface area contributed by atoms with E-state index in [1.807, 2.05) is 78.9 Å². The quantitative estimate of drug-likeness (QED) is 0.145. The SMILES string of the molecule is O=C(NC(=Cc1ccc([N+](=O)[O-])cc1)[P+](c1ccccc1)(c1ccccc1)c1ccccc1)c1ccccc1. The van der Waals surface area contributed by atoms with Crippen LogP contribution in [-0.2, 0) is 0 Å². The van der Waals surface area contributed by atoms with Gasteiger partial charge < -0.3 is 0 Å². The number of nitrogens with one attached hydrogen (secondary N) is 1. The lowest BCUT2D eigenvalue weighted by Crippen LogP contribution is -2.38. The van der Waals surface area contributed by atoms with Crippen molar-refractivity contribution in [2.24, 2.45) is 0 Å². The third-order valence-corrected chi connectivity index (χ3v) is 10.7. The maximum Gasteiger partial charge on any atom is 0.269 e. The molecule has 5 nitrogen and oxygen atoms in total. The molecule has 1 amide bonds. The van der Waals surface area contributed by atoms with Crippen molar-refractivity contribution >= 4 is 40.8 Å². The normalized spacial score (nSPS) is 11.5. The number of non-ortho nitro benzene ring substituents is 1. The van der Waals surface area contributed by atoms with Crippen LogP contribution in [0, 0.1) is 10.1 Å². The van der Waals surface area contributed by atoms with E-state index in [1.54, 1.807) is 24.3 Å². The van der Waals surface area contributed by atoms with Crippen LogP contribution >= 0.6 is 7.26 Å². The highest BCUT2D eigenvalue weighted by atomic mass is 31.2. The Balaban J connectivity index is 1.82. The number of hydrogen-bond acceptors (Lipinski definition) is 3. The third-order valence-electron chi connectivity index (χ3n) is 6.48. The number of carbonyl (C=O) groups excluding carboxylic acids is 1. The molecule has 0 aliphatic heterocycles. The van der Waals surface area contributed by atoms with E-state index in [9.17, 15) is 14.9 Å². The molecule has 190 valence electrons. The Labute approximate surface area is 228 Å². The second kappa shape index (κ2) is 11.7. The monoisotopic (exact) mass is 529 g/mol. The number of rotatable bonds is 8. The zero-order valence-electron chi connectivity index (χ0n) is 21.1. The van der Waals surface area contributed by atoms with Gasteiger partial charge >= 0.3 is 0 Å². The minimum absolute atomic E-state index is 0.0114. The van der Waals surface area contributed by atoms with Gasteiger partial charge in [0.05, 0.1) is 4.92 Å². The largest absolute Gasteiger partial charge is 0.292 e. The van der Waals surface area contributed by atoms with E-state index in [0.29, 0.717) is 5.56 Å². The molecule has 0 spiro atoms. The van der Waals surface area contributed by atoms with Crippen LogP contribution < -0.4 is 21.2 Å². The number of carbonyl (C=O) groups is 1. The molecule has 0 radical (unpaired) electrons. The van der Waals surface area contributed by atoms with E-state index >= 15 is 0 Å². The van der Waals surface area contributed by atoms with Crippen molar-refractivity contribution in [2.45, 2.75) is 0 Å². The molecule has 0 saturated carbocycles. The van der Waals surface area contributed by atoms with E-state index in [4.69, 9.17) is 0 Å². The molecule has 0 saturated heterocycles. The number of nitro benzene ring substituents is 1. The lowest BCUT2D eigenvalue weighted by atomic mass is 10.2. The Kier molecular flexibility index (Phi) is 7.72. The van der Waals surface area contributed by atoms with Crippen LogP contribution in [0.15, 0.2) is 151 Å². The van der Waals surface area contributed by atoms with Gasteiger partial charge in [-0.15, -0.1) is 0 Å². The molecule has 0 atom stereocenters. The lowest BCUT2D eigenvalue weighted by molar-refractivity contribution is -0.384. The van der Waals surface area contributed by atoms with Gasteiger partial charge in [-0.05, 0) is 66.2 Å². The van der Waals surface area contributed by atoms with E-state index < -0.39 is 12.2 Å². The molecule has 0 aliphatic rings. The van der Waals surface area contributed by atoms with Crippen molar-refractivity contribution in [1.29, 1.82) is 0 Å². The first-order valence-corrected chi connectivity index (χ1v) is 14.3. The summed E-state index contributed by atoms with van der Waals surface area (Å²) in [5.74, 6) is -0.226. The van der Waals surface area contributed by atoms with Gasteiger partial charge in [-0.25, -0.2) is 0 Å². The number of hydrogen-bond donors (Lipinski definition) is 1. The van der Waals surface area contributed by atoms with E-state index in [-0.39, 0.29) is 11.6 Å². The number of nitro groups is 1. The third kappa shape index (κ3) is 5.40. The van der Waals surface area contributed by atoms with Crippen LogP contribution in [0.3, 0.4) is 0 Å². The molecule has 0 aromatic heterocycles. The molecule has 0 bridgehead atoms. The number of nitrogens with zero attached hydrogens (tertiary/aromatic N) is 1. The Bertz CT molecular complexity index is 1490. The van der Waals surface area contributed by atoms with Crippen LogP contribution in [0.5, 0.6) is 0 Å². The van der Waals surface area contributed by atoms with Gasteiger partial charge in [0.1, 0.15) is 15.9 Å². The Morgan fingerprint density at radius 2 is 1.03 bits per heavy atom. The van der Waals surface area contributed by atoms with Gasteiger partial charge in [0, 0.05) is 23.8 Å². The predicted octanol–water partition coefficient (Wildman–Crippen LogP) is 6.32. The molecule has 0 heterocycles. The van der Waals surface area contributed by atoms with Gasteiger partial charge in [-0.3, -0.25) is 20.2 Å². The number of benzene rings is 5. The Morgan fingerprint density at radius 1 is 0.615 bits per heavy atom. The summed E-state index contributed by atoms with van der Waals surface area (Å²) in [4.78, 5) is 24.6. The predicted molar refractivity (Wildman–Crippen MR) is 160 cm³/mol. The zero-order valence-corrected chi connectivity index (χ0v) is 21.9. The van der Waals surface area contributed by atoms with Crippen molar-refractivity contribution in [1.82, 2.24) is 5.32 Å². The summed E-state index contributed by atoms with van der Waals surface area (Å²) in [6, 6.07) is 46.1. The van der Waals surface area contributed by atoms with Gasteiger partial charge in [-0.2, -0.15) is 0 Å². The number of amides is 1. The molecule has 5 rings (SSSR count). The van der Waals surface area contributed by atoms with Gasteiger partial charge in [-0.1, -0.05) is 72.8 Å². The zero-order chi connectivity index (χ0) is 27.1. The van der Waals surface area contributed by atoms with Gasteiger partial charge in [0.25, 0.3) is 11.6 Å². The molecule has 0 aliphatic carbocycles. The van der Waals surface area contributed by atoms with Crippen molar-refractivity contribution in [3.8, 4) is 0 Å². The molecule has 5 aromatic carbocycles. The lowest BCUT2D eigenvalue weighted by Gasteiger charge is -2.29. The highest BCUT2D eigenvalue weighted by Gasteiger charge is 2.50. The molecular formula is C33H26N2O3P+. The topological polar surface area (TPSA) is 72.2 Å². The summed E-state index contributed by atoms with van der Waals surface area (Å²) in [6.45, 7) is 0. The summed E-state index contributed by atoms with van der Waals surface area (Å²) in [7, 11) is -2.64. The standard InChI is InChI=1S/C33H25N2O3P/c36-33(27-13-5-1-6-14-27)34-32(25-26-21-23-28(24-22-26)35(37)38)39(29-15-7-2-8-16-29,30-17-9-3-10-18-30)31-19-11-4-12-20-31/h1-25H/p+1. The van der Waals surface area contributed by atoms with Crippen LogP contribution in [0.25, 0.3) is 6.08 Å². The molecular weight excluding hydrogens is 503 g/mol. The maximum absolute atomic E-state index is 13.7. The molecule has 5 aromatic rings. The molecule has 0 fully saturated rings. The summed E-state index contributed by atoms with van der Waals surface area (Å²) >= 11 is 0.